The maximum Gasteiger partial charge on any atom is 0.407 e. The summed E-state index contributed by atoms with van der Waals surface area (Å²) in [4.78, 5) is 22.3. The van der Waals surface area contributed by atoms with Crippen LogP contribution in [0, 0.1) is 5.92 Å². The molecule has 17 heavy (non-hydrogen) atoms. The quantitative estimate of drug-likeness (QED) is 0.730. The molecule has 1 amide bonds. The molecule has 0 saturated heterocycles. The van der Waals surface area contributed by atoms with Gasteiger partial charge in [0, 0.05) is 12.5 Å². The van der Waals surface area contributed by atoms with Crippen molar-refractivity contribution in [1.29, 1.82) is 0 Å². The van der Waals surface area contributed by atoms with Gasteiger partial charge in [0.25, 0.3) is 0 Å². The van der Waals surface area contributed by atoms with Crippen LogP contribution in [-0.4, -0.2) is 24.0 Å². The highest BCUT2D eigenvalue weighted by Crippen LogP contribution is 2.09. The lowest BCUT2D eigenvalue weighted by molar-refractivity contribution is -0.120. The van der Waals surface area contributed by atoms with Crippen molar-refractivity contribution >= 4 is 11.9 Å². The second-order valence-corrected chi connectivity index (χ2v) is 5.44. The standard InChI is InChI=1S/C13H25NO3/c1-10(11(2)15)8-6-7-9-14-12(16)17-13(3,4)5/h10H,6-9H2,1-5H3,(H,14,16)/t10-/m0/s1. The monoisotopic (exact) mass is 243 g/mol. The molecule has 0 rings (SSSR count). The number of ketones is 1. The minimum atomic E-state index is -0.451. The molecule has 0 bridgehead atoms. The van der Waals surface area contributed by atoms with E-state index in [0.29, 0.717) is 6.54 Å². The SMILES string of the molecule is CC(=O)[C@@H](C)CCCCNC(=O)OC(C)(C)C. The number of nitrogens with one attached hydrogen (secondary N) is 1. The van der Waals surface area contributed by atoms with E-state index in [2.05, 4.69) is 5.32 Å². The van der Waals surface area contributed by atoms with Crippen molar-refractivity contribution in [2.45, 2.75) is 59.5 Å². The first kappa shape index (κ1) is 15.9. The Bertz CT molecular complexity index is 256. The number of hydrogen-bond donors (Lipinski definition) is 1. The number of ether oxygens (including phenoxy) is 1. The molecule has 0 aromatic heterocycles. The van der Waals surface area contributed by atoms with Crippen LogP contribution in [0.15, 0.2) is 0 Å². The molecule has 100 valence electrons. The smallest absolute Gasteiger partial charge is 0.407 e. The zero-order valence-corrected chi connectivity index (χ0v) is 11.6. The first-order chi connectivity index (χ1) is 7.72. The average Bonchev–Trinajstić information content (AvgIpc) is 2.13. The van der Waals surface area contributed by atoms with Crippen LogP contribution < -0.4 is 5.32 Å². The fraction of sp³-hybridized carbons (Fsp3) is 0.846. The molecule has 0 aromatic rings. The number of alkyl carbamates (subject to hydrolysis) is 1. The van der Waals surface area contributed by atoms with Gasteiger partial charge in [-0.1, -0.05) is 13.3 Å². The van der Waals surface area contributed by atoms with Crippen molar-refractivity contribution < 1.29 is 14.3 Å². The summed E-state index contributed by atoms with van der Waals surface area (Å²) in [6, 6.07) is 0. The molecule has 0 fully saturated rings. The predicted molar refractivity (Wildman–Crippen MR) is 67.9 cm³/mol. The Labute approximate surface area is 104 Å². The maximum atomic E-state index is 11.3. The highest BCUT2D eigenvalue weighted by atomic mass is 16.6. The fourth-order valence-electron chi connectivity index (χ4n) is 1.28. The molecule has 1 atom stereocenters. The molecule has 1 N–H and O–H groups in total. The van der Waals surface area contributed by atoms with Gasteiger partial charge in [-0.15, -0.1) is 0 Å². The van der Waals surface area contributed by atoms with Gasteiger partial charge in [-0.25, -0.2) is 4.79 Å². The topological polar surface area (TPSA) is 55.4 Å². The average molecular weight is 243 g/mol. The van der Waals surface area contributed by atoms with Crippen molar-refractivity contribution in [3.63, 3.8) is 0 Å². The van der Waals surface area contributed by atoms with E-state index < -0.39 is 5.60 Å². The summed E-state index contributed by atoms with van der Waals surface area (Å²) in [5.74, 6) is 0.349. The van der Waals surface area contributed by atoms with Crippen LogP contribution in [0.2, 0.25) is 0 Å². The molecule has 0 saturated carbocycles. The third-order valence-corrected chi connectivity index (χ3v) is 2.43. The van der Waals surface area contributed by atoms with E-state index in [1.54, 1.807) is 6.92 Å². The third-order valence-electron chi connectivity index (χ3n) is 2.43. The largest absolute Gasteiger partial charge is 0.444 e. The zero-order valence-electron chi connectivity index (χ0n) is 11.6. The van der Waals surface area contributed by atoms with E-state index in [-0.39, 0.29) is 17.8 Å². The second kappa shape index (κ2) is 7.30. The molecule has 0 aromatic carbocycles. The number of unbranched alkanes of at least 4 members (excludes halogenated alkanes) is 1. The highest BCUT2D eigenvalue weighted by molar-refractivity contribution is 5.77. The van der Waals surface area contributed by atoms with E-state index in [1.807, 2.05) is 27.7 Å². The molecular formula is C13H25NO3. The number of carbonyl (C=O) groups excluding carboxylic acids is 2. The molecule has 4 heteroatoms. The van der Waals surface area contributed by atoms with Gasteiger partial charge >= 0.3 is 6.09 Å². The first-order valence-electron chi connectivity index (χ1n) is 6.19. The molecular weight excluding hydrogens is 218 g/mol. The second-order valence-electron chi connectivity index (χ2n) is 5.44. The van der Waals surface area contributed by atoms with Gasteiger partial charge in [-0.2, -0.15) is 0 Å². The normalized spacial score (nSPS) is 13.0. The lowest BCUT2D eigenvalue weighted by Gasteiger charge is -2.19. The molecule has 0 aliphatic rings. The fourth-order valence-corrected chi connectivity index (χ4v) is 1.28. The Morgan fingerprint density at radius 2 is 1.82 bits per heavy atom. The molecule has 0 spiro atoms. The summed E-state index contributed by atoms with van der Waals surface area (Å²) in [6.07, 6.45) is 2.32. The van der Waals surface area contributed by atoms with E-state index in [9.17, 15) is 9.59 Å². The van der Waals surface area contributed by atoms with Crippen molar-refractivity contribution in [1.82, 2.24) is 5.32 Å². The molecule has 0 aliphatic heterocycles. The molecule has 0 aliphatic carbocycles. The summed E-state index contributed by atoms with van der Waals surface area (Å²) < 4.78 is 5.10. The Hall–Kier alpha value is -1.06. The van der Waals surface area contributed by atoms with Crippen LogP contribution in [0.4, 0.5) is 4.79 Å². The number of Topliss-reactive ketones (excluding diaryl/α,β-unsaturated/α-hetero) is 1. The van der Waals surface area contributed by atoms with Gasteiger partial charge in [0.15, 0.2) is 0 Å². The van der Waals surface area contributed by atoms with E-state index in [0.717, 1.165) is 19.3 Å². The van der Waals surface area contributed by atoms with Crippen LogP contribution in [0.25, 0.3) is 0 Å². The summed E-state index contributed by atoms with van der Waals surface area (Å²) in [5, 5.41) is 2.70. The van der Waals surface area contributed by atoms with Gasteiger partial charge < -0.3 is 10.1 Å². The number of amides is 1. The Morgan fingerprint density at radius 1 is 1.24 bits per heavy atom. The molecule has 0 heterocycles. The third kappa shape index (κ3) is 9.85. The Morgan fingerprint density at radius 3 is 2.29 bits per heavy atom. The van der Waals surface area contributed by atoms with Gasteiger partial charge in [0.1, 0.15) is 11.4 Å². The van der Waals surface area contributed by atoms with Crippen molar-refractivity contribution in [3.05, 3.63) is 0 Å². The van der Waals surface area contributed by atoms with Crippen molar-refractivity contribution in [3.8, 4) is 0 Å². The number of carbonyl (C=O) groups is 2. The Kier molecular flexibility index (Phi) is 6.85. The molecule has 4 nitrogen and oxygen atoms in total. The first-order valence-corrected chi connectivity index (χ1v) is 6.19. The van der Waals surface area contributed by atoms with E-state index >= 15 is 0 Å². The van der Waals surface area contributed by atoms with Crippen LogP contribution >= 0.6 is 0 Å². The lowest BCUT2D eigenvalue weighted by Crippen LogP contribution is -2.33. The van der Waals surface area contributed by atoms with Gasteiger partial charge in [-0.3, -0.25) is 4.79 Å². The lowest BCUT2D eigenvalue weighted by atomic mass is 10.0. The minimum Gasteiger partial charge on any atom is -0.444 e. The van der Waals surface area contributed by atoms with Crippen LogP contribution in [-0.2, 0) is 9.53 Å². The van der Waals surface area contributed by atoms with Gasteiger partial charge in [0.05, 0.1) is 0 Å². The van der Waals surface area contributed by atoms with Gasteiger partial charge in [0.2, 0.25) is 0 Å². The molecule has 0 unspecified atom stereocenters. The zero-order chi connectivity index (χ0) is 13.5. The summed E-state index contributed by atoms with van der Waals surface area (Å²) in [5.41, 5.74) is -0.451. The van der Waals surface area contributed by atoms with Crippen LogP contribution in [0.3, 0.4) is 0 Å². The Balaban J connectivity index is 3.52. The van der Waals surface area contributed by atoms with Crippen LogP contribution in [0.1, 0.15) is 53.9 Å². The van der Waals surface area contributed by atoms with Crippen molar-refractivity contribution in [2.75, 3.05) is 6.54 Å². The van der Waals surface area contributed by atoms with E-state index in [1.165, 1.54) is 0 Å². The molecule has 0 radical (unpaired) electrons. The maximum absolute atomic E-state index is 11.3. The highest BCUT2D eigenvalue weighted by Gasteiger charge is 2.15. The number of rotatable bonds is 6. The van der Waals surface area contributed by atoms with Crippen LogP contribution in [0.5, 0.6) is 0 Å². The minimum absolute atomic E-state index is 0.122. The predicted octanol–water partition coefficient (Wildman–Crippen LogP) is 2.91. The summed E-state index contributed by atoms with van der Waals surface area (Å²) >= 11 is 0. The van der Waals surface area contributed by atoms with Crippen molar-refractivity contribution in [2.24, 2.45) is 5.92 Å². The number of hydrogen-bond acceptors (Lipinski definition) is 3. The summed E-state index contributed by atoms with van der Waals surface area (Å²) in [6.45, 7) is 9.65. The van der Waals surface area contributed by atoms with Gasteiger partial charge in [-0.05, 0) is 40.5 Å². The van der Waals surface area contributed by atoms with E-state index in [4.69, 9.17) is 4.74 Å². The summed E-state index contributed by atoms with van der Waals surface area (Å²) in [7, 11) is 0.